The number of methoxy groups -OCH3 is 2. The molecule has 0 heterocycles. The summed E-state index contributed by atoms with van der Waals surface area (Å²) in [6, 6.07) is 13.4. The number of hydrogen-bond acceptors (Lipinski definition) is 5. The van der Waals surface area contributed by atoms with Crippen LogP contribution in [0.4, 0.5) is 0 Å². The number of hydrogen-bond donors (Lipinski definition) is 0. The second-order valence-corrected chi connectivity index (χ2v) is 4.84. The maximum atomic E-state index is 12.3. The minimum Gasteiger partial charge on any atom is -0.497 e. The Morgan fingerprint density at radius 3 is 2.26 bits per heavy atom. The van der Waals surface area contributed by atoms with Crippen molar-refractivity contribution in [2.75, 3.05) is 14.2 Å². The fourth-order valence-electron chi connectivity index (χ4n) is 2.08. The highest BCUT2D eigenvalue weighted by molar-refractivity contribution is 6.01. The summed E-state index contributed by atoms with van der Waals surface area (Å²) >= 11 is 0. The average molecular weight is 314 g/mol. The van der Waals surface area contributed by atoms with Crippen LogP contribution < -0.4 is 9.47 Å². The van der Waals surface area contributed by atoms with Crippen molar-refractivity contribution >= 4 is 11.8 Å². The second kappa shape index (κ2) is 7.45. The Morgan fingerprint density at radius 1 is 0.957 bits per heavy atom. The molecule has 2 aromatic rings. The molecule has 0 bridgehead atoms. The first kappa shape index (κ1) is 16.5. The maximum absolute atomic E-state index is 12.3. The predicted octanol–water partition coefficient (Wildman–Crippen LogP) is 3.13. The summed E-state index contributed by atoms with van der Waals surface area (Å²) in [7, 11) is 2.97. The Kier molecular flexibility index (Phi) is 5.36. The Bertz CT molecular complexity index is 694. The molecule has 0 aliphatic heterocycles. The van der Waals surface area contributed by atoms with Crippen molar-refractivity contribution in [2.45, 2.75) is 13.0 Å². The number of ketones is 1. The summed E-state index contributed by atoms with van der Waals surface area (Å²) in [4.78, 5) is 24.5. The van der Waals surface area contributed by atoms with Crippen molar-refractivity contribution in [1.29, 1.82) is 0 Å². The van der Waals surface area contributed by atoms with E-state index in [1.165, 1.54) is 14.2 Å². The van der Waals surface area contributed by atoms with E-state index >= 15 is 0 Å². The fourth-order valence-corrected chi connectivity index (χ4v) is 2.08. The zero-order valence-corrected chi connectivity index (χ0v) is 13.2. The van der Waals surface area contributed by atoms with Gasteiger partial charge in [-0.05, 0) is 19.1 Å². The lowest BCUT2D eigenvalue weighted by Gasteiger charge is -2.14. The molecule has 0 aromatic heterocycles. The van der Waals surface area contributed by atoms with Crippen LogP contribution in [0.2, 0.25) is 0 Å². The summed E-state index contributed by atoms with van der Waals surface area (Å²) in [5.74, 6) is 0.00762. The van der Waals surface area contributed by atoms with Crippen LogP contribution in [0.15, 0.2) is 48.5 Å². The van der Waals surface area contributed by atoms with E-state index < -0.39 is 12.1 Å². The molecule has 2 rings (SSSR count). The van der Waals surface area contributed by atoms with Crippen molar-refractivity contribution in [2.24, 2.45) is 0 Å². The quantitative estimate of drug-likeness (QED) is 0.605. The molecule has 23 heavy (non-hydrogen) atoms. The molecule has 0 spiro atoms. The van der Waals surface area contributed by atoms with Gasteiger partial charge in [-0.15, -0.1) is 0 Å². The van der Waals surface area contributed by atoms with Crippen molar-refractivity contribution in [3.8, 4) is 11.5 Å². The molecule has 0 saturated carbocycles. The summed E-state index contributed by atoms with van der Waals surface area (Å²) in [5, 5.41) is 0. The number of ether oxygens (including phenoxy) is 3. The van der Waals surface area contributed by atoms with E-state index in [1.807, 2.05) is 6.07 Å². The van der Waals surface area contributed by atoms with Crippen LogP contribution in [0.5, 0.6) is 11.5 Å². The first-order valence-corrected chi connectivity index (χ1v) is 7.09. The molecular formula is C18H18O5. The smallest absolute Gasteiger partial charge is 0.342 e. The summed E-state index contributed by atoms with van der Waals surface area (Å²) in [6.45, 7) is 1.54. The van der Waals surface area contributed by atoms with Gasteiger partial charge < -0.3 is 14.2 Å². The first-order valence-electron chi connectivity index (χ1n) is 7.09. The van der Waals surface area contributed by atoms with Gasteiger partial charge in [-0.3, -0.25) is 4.79 Å². The fraction of sp³-hybridized carbons (Fsp3) is 0.222. The van der Waals surface area contributed by atoms with Crippen molar-refractivity contribution in [3.05, 3.63) is 59.7 Å². The Hall–Kier alpha value is -2.82. The van der Waals surface area contributed by atoms with Gasteiger partial charge in [0.1, 0.15) is 17.1 Å². The molecule has 5 heteroatoms. The molecule has 0 N–H and O–H groups in total. The lowest BCUT2D eigenvalue weighted by atomic mass is 10.1. The van der Waals surface area contributed by atoms with Gasteiger partial charge >= 0.3 is 5.97 Å². The molecule has 0 saturated heterocycles. The van der Waals surface area contributed by atoms with E-state index in [0.29, 0.717) is 17.1 Å². The van der Waals surface area contributed by atoms with Gasteiger partial charge in [0.25, 0.3) is 0 Å². The summed E-state index contributed by atoms with van der Waals surface area (Å²) in [5.41, 5.74) is 0.732. The van der Waals surface area contributed by atoms with E-state index in [4.69, 9.17) is 14.2 Å². The van der Waals surface area contributed by atoms with Gasteiger partial charge in [0.15, 0.2) is 6.10 Å². The van der Waals surface area contributed by atoms with Crippen molar-refractivity contribution < 1.29 is 23.8 Å². The minimum absolute atomic E-state index is 0.237. The Morgan fingerprint density at radius 2 is 1.65 bits per heavy atom. The SMILES string of the molecule is COc1ccc(C(=O)OC(C)C(=O)c2ccccc2)c(OC)c1. The van der Waals surface area contributed by atoms with Crippen LogP contribution in [0.3, 0.4) is 0 Å². The largest absolute Gasteiger partial charge is 0.497 e. The molecule has 0 aliphatic rings. The zero-order valence-electron chi connectivity index (χ0n) is 13.2. The highest BCUT2D eigenvalue weighted by Crippen LogP contribution is 2.25. The molecule has 1 unspecified atom stereocenters. The van der Waals surface area contributed by atoms with Gasteiger partial charge in [-0.2, -0.15) is 0 Å². The van der Waals surface area contributed by atoms with Crippen LogP contribution in [-0.4, -0.2) is 32.1 Å². The van der Waals surface area contributed by atoms with Crippen molar-refractivity contribution in [3.63, 3.8) is 0 Å². The molecule has 1 atom stereocenters. The maximum Gasteiger partial charge on any atom is 0.342 e. The van der Waals surface area contributed by atoms with Crippen LogP contribution in [-0.2, 0) is 4.74 Å². The monoisotopic (exact) mass is 314 g/mol. The first-order chi connectivity index (χ1) is 11.1. The van der Waals surface area contributed by atoms with E-state index in [-0.39, 0.29) is 11.3 Å². The normalized spacial score (nSPS) is 11.4. The minimum atomic E-state index is -0.892. The lowest BCUT2D eigenvalue weighted by molar-refractivity contribution is 0.0316. The average Bonchev–Trinajstić information content (AvgIpc) is 2.60. The number of carbonyl (C=O) groups excluding carboxylic acids is 2. The van der Waals surface area contributed by atoms with Gasteiger partial charge in [-0.25, -0.2) is 4.79 Å². The van der Waals surface area contributed by atoms with Crippen LogP contribution in [0.25, 0.3) is 0 Å². The Labute approximate surface area is 134 Å². The molecule has 0 fully saturated rings. The van der Waals surface area contributed by atoms with Crippen molar-refractivity contribution in [1.82, 2.24) is 0 Å². The molecule has 0 aliphatic carbocycles. The number of benzene rings is 2. The zero-order chi connectivity index (χ0) is 16.8. The van der Waals surface area contributed by atoms with Crippen LogP contribution in [0, 0.1) is 0 Å². The van der Waals surface area contributed by atoms with Gasteiger partial charge in [0.05, 0.1) is 14.2 Å². The molecule has 0 radical (unpaired) electrons. The van der Waals surface area contributed by atoms with E-state index in [0.717, 1.165) is 0 Å². The van der Waals surface area contributed by atoms with Gasteiger partial charge in [0, 0.05) is 11.6 Å². The molecule has 2 aromatic carbocycles. The van der Waals surface area contributed by atoms with E-state index in [9.17, 15) is 9.59 Å². The number of rotatable bonds is 6. The molecule has 0 amide bonds. The van der Waals surface area contributed by atoms with Crippen LogP contribution >= 0.6 is 0 Å². The topological polar surface area (TPSA) is 61.8 Å². The van der Waals surface area contributed by atoms with E-state index in [1.54, 1.807) is 49.4 Å². The standard InChI is InChI=1S/C18H18O5/c1-12(17(19)13-7-5-4-6-8-13)23-18(20)15-10-9-14(21-2)11-16(15)22-3/h4-12H,1-3H3. The molecular weight excluding hydrogens is 296 g/mol. The van der Waals surface area contributed by atoms with Gasteiger partial charge in [-0.1, -0.05) is 30.3 Å². The number of esters is 1. The third kappa shape index (κ3) is 3.88. The van der Waals surface area contributed by atoms with E-state index in [2.05, 4.69) is 0 Å². The molecule has 5 nitrogen and oxygen atoms in total. The molecule has 120 valence electrons. The third-order valence-corrected chi connectivity index (χ3v) is 3.34. The summed E-state index contributed by atoms with van der Waals surface area (Å²) < 4.78 is 15.5. The van der Waals surface area contributed by atoms with Crippen LogP contribution in [0.1, 0.15) is 27.6 Å². The second-order valence-electron chi connectivity index (χ2n) is 4.84. The lowest BCUT2D eigenvalue weighted by Crippen LogP contribution is -2.24. The predicted molar refractivity (Wildman–Crippen MR) is 85.2 cm³/mol. The Balaban J connectivity index is 2.14. The number of Topliss-reactive ketones (excluding diaryl/α,β-unsaturated/α-hetero) is 1. The highest BCUT2D eigenvalue weighted by atomic mass is 16.5. The highest BCUT2D eigenvalue weighted by Gasteiger charge is 2.22. The third-order valence-electron chi connectivity index (χ3n) is 3.34. The van der Waals surface area contributed by atoms with Gasteiger partial charge in [0.2, 0.25) is 5.78 Å². The summed E-state index contributed by atoms with van der Waals surface area (Å²) in [6.07, 6.45) is -0.892. The number of carbonyl (C=O) groups is 2.